The van der Waals surface area contributed by atoms with Crippen molar-refractivity contribution in [3.05, 3.63) is 0 Å². The van der Waals surface area contributed by atoms with Gasteiger partial charge in [-0.3, -0.25) is 13.7 Å². The van der Waals surface area contributed by atoms with E-state index in [9.17, 15) is 49.9 Å². The second-order valence-corrected chi connectivity index (χ2v) is 11.3. The number of hydrogen-bond acceptors (Lipinski definition) is 15. The van der Waals surface area contributed by atoms with Crippen LogP contribution in [-0.4, -0.2) is 135 Å². The van der Waals surface area contributed by atoms with Crippen molar-refractivity contribution < 1.29 is 86.3 Å². The van der Waals surface area contributed by atoms with E-state index >= 15 is 0 Å². The van der Waals surface area contributed by atoms with Crippen molar-refractivity contribution >= 4 is 37.1 Å². The molecule has 0 amide bonds. The third kappa shape index (κ3) is 8.93. The van der Waals surface area contributed by atoms with Crippen LogP contribution in [0.3, 0.4) is 0 Å². The Kier molecular flexibility index (Phi) is 10.9. The molecule has 2 fully saturated rings. The maximum atomic E-state index is 11.9. The highest BCUT2D eigenvalue weighted by Crippen LogP contribution is 2.33. The second kappa shape index (κ2) is 12.6. The van der Waals surface area contributed by atoms with E-state index in [1.54, 1.807) is 0 Å². The van der Waals surface area contributed by atoms with E-state index < -0.39 is 105 Å². The Morgan fingerprint density at radius 1 is 0.895 bits per heavy atom. The second-order valence-electron chi connectivity index (χ2n) is 7.99. The first-order chi connectivity index (χ1) is 17.3. The van der Waals surface area contributed by atoms with Crippen LogP contribution < -0.4 is 4.72 Å². The first kappa shape index (κ1) is 33.0. The number of carboxylic acid groups (broad SMARTS) is 1. The van der Waals surface area contributed by atoms with Gasteiger partial charge in [0.2, 0.25) is 0 Å². The summed E-state index contributed by atoms with van der Waals surface area (Å²) in [6, 6.07) is -2.04. The minimum atomic E-state index is -5.23. The molecule has 0 spiro atoms. The van der Waals surface area contributed by atoms with Gasteiger partial charge in [0, 0.05) is 7.11 Å². The van der Waals surface area contributed by atoms with Crippen LogP contribution in [0.25, 0.3) is 0 Å². The quantitative estimate of drug-likeness (QED) is 0.102. The number of aliphatic carboxylic acids is 1. The molecule has 0 aliphatic carbocycles. The lowest BCUT2D eigenvalue weighted by Gasteiger charge is -2.47. The first-order valence-corrected chi connectivity index (χ1v) is 14.5. The van der Waals surface area contributed by atoms with Crippen molar-refractivity contribution in [2.45, 2.75) is 74.5 Å². The molecule has 224 valence electrons. The fourth-order valence-corrected chi connectivity index (χ4v) is 5.35. The van der Waals surface area contributed by atoms with Gasteiger partial charge in [-0.15, -0.1) is 0 Å². The van der Waals surface area contributed by atoms with Crippen LogP contribution in [0.4, 0.5) is 0 Å². The third-order valence-electron chi connectivity index (χ3n) is 5.44. The Hall–Kier alpha value is -1.16. The van der Waals surface area contributed by atoms with E-state index in [2.05, 4.69) is 8.37 Å². The highest BCUT2D eigenvalue weighted by Gasteiger charge is 2.55. The summed E-state index contributed by atoms with van der Waals surface area (Å²) in [4.78, 5) is 11.9. The zero-order valence-electron chi connectivity index (χ0n) is 19.4. The van der Waals surface area contributed by atoms with E-state index in [1.165, 1.54) is 11.6 Å². The molecule has 7 N–H and O–H groups in total. The molecule has 0 saturated carbocycles. The number of methoxy groups -OCH3 is 1. The normalized spacial score (nSPS) is 37.1. The number of aliphatic hydroxyl groups excluding tert-OH is 2. The number of hydrogen-bond donors (Lipinski definition) is 7. The van der Waals surface area contributed by atoms with Crippen molar-refractivity contribution in [1.82, 2.24) is 4.72 Å². The molecule has 0 aromatic carbocycles. The summed E-state index contributed by atoms with van der Waals surface area (Å²) in [6.07, 6.45) is -17.5. The summed E-state index contributed by atoms with van der Waals surface area (Å²) in [5.74, 6) is -1.77. The van der Waals surface area contributed by atoms with Crippen molar-refractivity contribution in [3.63, 3.8) is 0 Å². The molecule has 0 aromatic heterocycles. The molecule has 0 bridgehead atoms. The molecular weight excluding hydrogens is 594 g/mol. The Morgan fingerprint density at radius 2 is 1.50 bits per heavy atom. The highest BCUT2D eigenvalue weighted by molar-refractivity contribution is 7.83. The largest absolute Gasteiger partial charge is 0.479 e. The number of aliphatic hydroxyl groups is 2. The monoisotopic (exact) mass is 621 g/mol. The van der Waals surface area contributed by atoms with Crippen molar-refractivity contribution in [2.75, 3.05) is 13.7 Å². The number of carbonyl (C=O) groups is 1. The highest BCUT2D eigenvalue weighted by atomic mass is 32.3. The molecule has 2 aliphatic rings. The van der Waals surface area contributed by atoms with Crippen molar-refractivity contribution in [3.8, 4) is 0 Å². The van der Waals surface area contributed by atoms with E-state index in [0.717, 1.165) is 7.11 Å². The molecule has 0 radical (unpaired) electrons. The summed E-state index contributed by atoms with van der Waals surface area (Å²) in [5, 5.41) is 31.0. The topological polar surface area (TPSA) is 308 Å². The zero-order chi connectivity index (χ0) is 29.2. The van der Waals surface area contributed by atoms with Gasteiger partial charge < -0.3 is 34.3 Å². The maximum Gasteiger partial charge on any atom is 0.397 e. The smallest absolute Gasteiger partial charge is 0.397 e. The minimum Gasteiger partial charge on any atom is -0.479 e. The molecule has 2 saturated heterocycles. The third-order valence-corrected chi connectivity index (χ3v) is 6.91. The minimum absolute atomic E-state index is 0.135. The summed E-state index contributed by atoms with van der Waals surface area (Å²) < 4.78 is 126. The molecule has 2 heterocycles. The average Bonchev–Trinajstić information content (AvgIpc) is 2.75. The summed E-state index contributed by atoms with van der Waals surface area (Å²) in [6.45, 7) is 0.334. The van der Waals surface area contributed by atoms with Gasteiger partial charge in [0.25, 0.3) is 0 Å². The predicted octanol–water partition coefficient (Wildman–Crippen LogP) is -4.14. The van der Waals surface area contributed by atoms with Gasteiger partial charge in [0.1, 0.15) is 42.7 Å². The number of nitrogens with one attached hydrogen (secondary N) is 1. The lowest BCUT2D eigenvalue weighted by atomic mass is 9.92. The number of ether oxygens (including phenoxy) is 4. The molecule has 20 nitrogen and oxygen atoms in total. The van der Waals surface area contributed by atoms with Crippen LogP contribution in [0.15, 0.2) is 0 Å². The standard InChI is InChI=1S/C15H27NO19S3/c1-3-5-11(35-38(27,28)29)9(18)12(13(32-5)14(19)20)34-15-7(16-36(21,22)23)8(17)10(30-2)6(33-15)4-31-37(24,25)26/h5-13,15-18H,3-4H2,1-2H3,(H,19,20)(H,21,22,23)(H,24,25,26)(H,27,28,29)/t5-,6?,7?,8+,9+,10-,11?,12+,13?,15-/m0/s1. The Labute approximate surface area is 216 Å². The molecular formula is C15H27NO19S3. The van der Waals surface area contributed by atoms with Crippen LogP contribution in [0.2, 0.25) is 0 Å². The molecule has 23 heteroatoms. The average molecular weight is 622 g/mol. The van der Waals surface area contributed by atoms with E-state index in [0.29, 0.717) is 0 Å². The first-order valence-electron chi connectivity index (χ1n) is 10.4. The van der Waals surface area contributed by atoms with Gasteiger partial charge >= 0.3 is 37.1 Å². The van der Waals surface area contributed by atoms with Gasteiger partial charge in [-0.2, -0.15) is 30.0 Å². The fourth-order valence-electron chi connectivity index (χ4n) is 3.93. The molecule has 2 aliphatic heterocycles. The Bertz CT molecular complexity index is 1140. The van der Waals surface area contributed by atoms with Gasteiger partial charge in [0.15, 0.2) is 12.4 Å². The zero-order valence-corrected chi connectivity index (χ0v) is 21.9. The number of rotatable bonds is 12. The molecule has 4 unspecified atom stereocenters. The Morgan fingerprint density at radius 3 is 1.95 bits per heavy atom. The van der Waals surface area contributed by atoms with Gasteiger partial charge in [-0.1, -0.05) is 6.92 Å². The Balaban J connectivity index is 2.49. The van der Waals surface area contributed by atoms with Crippen LogP contribution in [0, 0.1) is 0 Å². The van der Waals surface area contributed by atoms with Gasteiger partial charge in [0.05, 0.1) is 12.7 Å². The predicted molar refractivity (Wildman–Crippen MR) is 115 cm³/mol. The van der Waals surface area contributed by atoms with Gasteiger partial charge in [-0.05, 0) is 6.42 Å². The lowest BCUT2D eigenvalue weighted by molar-refractivity contribution is -0.317. The van der Waals surface area contributed by atoms with Crippen molar-refractivity contribution in [1.29, 1.82) is 0 Å². The van der Waals surface area contributed by atoms with E-state index in [4.69, 9.17) is 28.1 Å². The molecule has 2 rings (SSSR count). The van der Waals surface area contributed by atoms with Crippen LogP contribution >= 0.6 is 0 Å². The SMILES string of the molecule is CC[C@@H]1OC(C(=O)O)[C@H](O[C@@H]2OC(COS(=O)(=O)O)[C@H](OC)[C@H](O)C2NS(=O)(=O)O)[C@H](O)C1OS(=O)(=O)O. The van der Waals surface area contributed by atoms with E-state index in [-0.39, 0.29) is 6.42 Å². The summed E-state index contributed by atoms with van der Waals surface area (Å²) >= 11 is 0. The fraction of sp³-hybridized carbons (Fsp3) is 0.933. The summed E-state index contributed by atoms with van der Waals surface area (Å²) in [5.41, 5.74) is 0. The molecule has 10 atom stereocenters. The number of carboxylic acids is 1. The molecule has 0 aromatic rings. The van der Waals surface area contributed by atoms with Crippen LogP contribution in [0.1, 0.15) is 13.3 Å². The maximum absolute atomic E-state index is 11.9. The van der Waals surface area contributed by atoms with Gasteiger partial charge in [-0.25, -0.2) is 13.2 Å². The summed E-state index contributed by atoms with van der Waals surface area (Å²) in [7, 11) is -14.5. The van der Waals surface area contributed by atoms with Crippen LogP contribution in [0.5, 0.6) is 0 Å². The molecule has 38 heavy (non-hydrogen) atoms. The lowest BCUT2D eigenvalue weighted by Crippen LogP contribution is -2.68. The van der Waals surface area contributed by atoms with Crippen LogP contribution in [-0.2, 0) is 63.2 Å². The van der Waals surface area contributed by atoms with Crippen molar-refractivity contribution in [2.24, 2.45) is 0 Å². The van der Waals surface area contributed by atoms with E-state index in [1.807, 2.05) is 0 Å².